The number of unbranched alkanes of at least 4 members (excludes halogenated alkanes) is 1. The van der Waals surface area contributed by atoms with E-state index in [1.807, 2.05) is 6.07 Å². The van der Waals surface area contributed by atoms with Crippen LogP contribution in [0.2, 0.25) is 0 Å². The molecule has 0 heterocycles. The smallest absolute Gasteiger partial charge is 0.0462 e. The predicted molar refractivity (Wildman–Crippen MR) is 67.0 cm³/mol. The Bertz CT molecular complexity index is 278. The fourth-order valence-corrected chi connectivity index (χ4v) is 1.79. The molecule has 1 rings (SSSR count). The normalized spacial score (nSPS) is 10.5. The van der Waals surface area contributed by atoms with Gasteiger partial charge in [-0.3, -0.25) is 0 Å². The Morgan fingerprint density at radius 2 is 2.07 bits per heavy atom. The van der Waals surface area contributed by atoms with E-state index >= 15 is 0 Å². The van der Waals surface area contributed by atoms with Gasteiger partial charge in [0.25, 0.3) is 0 Å². The highest BCUT2D eigenvalue weighted by Gasteiger charge is 1.96. The van der Waals surface area contributed by atoms with E-state index in [2.05, 4.69) is 39.4 Å². The van der Waals surface area contributed by atoms with Gasteiger partial charge in [-0.2, -0.15) is 0 Å². The number of hydrogen-bond acceptors (Lipinski definition) is 2. The number of benzene rings is 1. The first-order chi connectivity index (χ1) is 7.34. The van der Waals surface area contributed by atoms with Crippen LogP contribution in [0.15, 0.2) is 28.7 Å². The van der Waals surface area contributed by atoms with Gasteiger partial charge in [0, 0.05) is 24.7 Å². The molecule has 0 aliphatic rings. The van der Waals surface area contributed by atoms with Crippen LogP contribution in [0, 0.1) is 0 Å². The zero-order valence-electron chi connectivity index (χ0n) is 9.13. The van der Waals surface area contributed by atoms with Crippen molar-refractivity contribution < 1.29 is 4.74 Å². The minimum Gasteiger partial charge on any atom is -0.385 e. The second kappa shape index (κ2) is 7.85. The molecule has 0 saturated heterocycles. The molecule has 1 aromatic rings. The highest BCUT2D eigenvalue weighted by Crippen LogP contribution is 2.15. The van der Waals surface area contributed by atoms with Crippen molar-refractivity contribution in [3.8, 4) is 0 Å². The highest BCUT2D eigenvalue weighted by molar-refractivity contribution is 9.10. The first-order valence-electron chi connectivity index (χ1n) is 5.27. The summed E-state index contributed by atoms with van der Waals surface area (Å²) in [7, 11) is 1.74. The maximum atomic E-state index is 4.99. The molecule has 0 aromatic heterocycles. The van der Waals surface area contributed by atoms with E-state index in [4.69, 9.17) is 4.74 Å². The number of rotatable bonds is 7. The van der Waals surface area contributed by atoms with Crippen LogP contribution in [0.5, 0.6) is 0 Å². The van der Waals surface area contributed by atoms with Crippen molar-refractivity contribution in [1.82, 2.24) is 5.32 Å². The van der Waals surface area contributed by atoms with E-state index in [9.17, 15) is 0 Å². The summed E-state index contributed by atoms with van der Waals surface area (Å²) in [6.07, 6.45) is 2.29. The summed E-state index contributed by atoms with van der Waals surface area (Å²) in [5.74, 6) is 0. The number of nitrogens with one attached hydrogen (secondary N) is 1. The monoisotopic (exact) mass is 271 g/mol. The van der Waals surface area contributed by atoms with Gasteiger partial charge < -0.3 is 10.1 Å². The van der Waals surface area contributed by atoms with Gasteiger partial charge in [0.2, 0.25) is 0 Å². The van der Waals surface area contributed by atoms with Gasteiger partial charge in [0.05, 0.1) is 0 Å². The summed E-state index contributed by atoms with van der Waals surface area (Å²) in [6, 6.07) is 8.30. The molecule has 0 spiro atoms. The summed E-state index contributed by atoms with van der Waals surface area (Å²) >= 11 is 3.53. The molecule has 0 unspecified atom stereocenters. The van der Waals surface area contributed by atoms with Crippen molar-refractivity contribution in [3.63, 3.8) is 0 Å². The first-order valence-corrected chi connectivity index (χ1v) is 6.07. The number of methoxy groups -OCH3 is 1. The van der Waals surface area contributed by atoms with Gasteiger partial charge >= 0.3 is 0 Å². The van der Waals surface area contributed by atoms with Crippen LogP contribution in [0.25, 0.3) is 0 Å². The molecule has 1 aromatic carbocycles. The average molecular weight is 272 g/mol. The van der Waals surface area contributed by atoms with E-state index in [-0.39, 0.29) is 0 Å². The molecule has 0 saturated carbocycles. The van der Waals surface area contributed by atoms with Crippen LogP contribution in [0.1, 0.15) is 18.4 Å². The standard InChI is InChI=1S/C12H18BrNO/c1-15-9-5-4-8-14-10-11-6-2-3-7-12(11)13/h2-3,6-7,14H,4-5,8-10H2,1H3. The molecular formula is C12H18BrNO. The third-order valence-corrected chi connectivity index (χ3v) is 3.00. The van der Waals surface area contributed by atoms with Gasteiger partial charge in [-0.25, -0.2) is 0 Å². The Balaban J connectivity index is 2.12. The second-order valence-electron chi connectivity index (χ2n) is 3.47. The summed E-state index contributed by atoms with van der Waals surface area (Å²) in [4.78, 5) is 0. The van der Waals surface area contributed by atoms with Crippen molar-refractivity contribution >= 4 is 15.9 Å². The van der Waals surface area contributed by atoms with Gasteiger partial charge in [-0.05, 0) is 31.0 Å². The van der Waals surface area contributed by atoms with Crippen molar-refractivity contribution in [2.45, 2.75) is 19.4 Å². The summed E-state index contributed by atoms with van der Waals surface area (Å²) in [6.45, 7) is 2.83. The molecule has 0 aliphatic carbocycles. The van der Waals surface area contributed by atoms with Gasteiger partial charge in [-0.15, -0.1) is 0 Å². The van der Waals surface area contributed by atoms with Gasteiger partial charge in [0.15, 0.2) is 0 Å². The lowest BCUT2D eigenvalue weighted by Crippen LogP contribution is -2.15. The first kappa shape index (κ1) is 12.7. The third kappa shape index (κ3) is 5.30. The Hall–Kier alpha value is -0.380. The molecular weight excluding hydrogens is 254 g/mol. The van der Waals surface area contributed by atoms with Crippen LogP contribution in [0.3, 0.4) is 0 Å². The molecule has 0 amide bonds. The van der Waals surface area contributed by atoms with E-state index < -0.39 is 0 Å². The summed E-state index contributed by atoms with van der Waals surface area (Å²) in [5.41, 5.74) is 1.31. The maximum Gasteiger partial charge on any atom is 0.0462 e. The van der Waals surface area contributed by atoms with Crippen LogP contribution in [-0.2, 0) is 11.3 Å². The van der Waals surface area contributed by atoms with Crippen molar-refractivity contribution in [1.29, 1.82) is 0 Å². The van der Waals surface area contributed by atoms with Crippen LogP contribution in [-0.4, -0.2) is 20.3 Å². The zero-order valence-corrected chi connectivity index (χ0v) is 10.7. The molecule has 3 heteroatoms. The largest absolute Gasteiger partial charge is 0.385 e. The summed E-state index contributed by atoms with van der Waals surface area (Å²) < 4.78 is 6.17. The lowest BCUT2D eigenvalue weighted by atomic mass is 10.2. The summed E-state index contributed by atoms with van der Waals surface area (Å²) in [5, 5.41) is 3.42. The Labute approximate surface area is 100 Å². The van der Waals surface area contributed by atoms with Crippen molar-refractivity contribution in [3.05, 3.63) is 34.3 Å². The minimum atomic E-state index is 0.858. The van der Waals surface area contributed by atoms with Crippen molar-refractivity contribution in [2.24, 2.45) is 0 Å². The Morgan fingerprint density at radius 1 is 1.27 bits per heavy atom. The molecule has 1 N–H and O–H groups in total. The zero-order chi connectivity index (χ0) is 10.9. The Kier molecular flexibility index (Phi) is 6.64. The molecule has 2 nitrogen and oxygen atoms in total. The van der Waals surface area contributed by atoms with Crippen LogP contribution in [0.4, 0.5) is 0 Å². The second-order valence-corrected chi connectivity index (χ2v) is 4.32. The lowest BCUT2D eigenvalue weighted by molar-refractivity contribution is 0.192. The number of halogens is 1. The molecule has 0 fully saturated rings. The minimum absolute atomic E-state index is 0.858. The van der Waals surface area contributed by atoms with E-state index in [0.717, 1.165) is 32.5 Å². The maximum absolute atomic E-state index is 4.99. The molecule has 0 bridgehead atoms. The average Bonchev–Trinajstić information content (AvgIpc) is 2.25. The Morgan fingerprint density at radius 3 is 2.80 bits per heavy atom. The topological polar surface area (TPSA) is 21.3 Å². The van der Waals surface area contributed by atoms with Gasteiger partial charge in [-0.1, -0.05) is 34.1 Å². The predicted octanol–water partition coefficient (Wildman–Crippen LogP) is 2.97. The molecule has 0 atom stereocenters. The number of ether oxygens (including phenoxy) is 1. The van der Waals surface area contributed by atoms with Crippen LogP contribution < -0.4 is 5.32 Å². The SMILES string of the molecule is COCCCCNCc1ccccc1Br. The molecule has 0 radical (unpaired) electrons. The van der Waals surface area contributed by atoms with E-state index in [1.54, 1.807) is 7.11 Å². The fraction of sp³-hybridized carbons (Fsp3) is 0.500. The quantitative estimate of drug-likeness (QED) is 0.770. The van der Waals surface area contributed by atoms with Gasteiger partial charge in [0.1, 0.15) is 0 Å². The van der Waals surface area contributed by atoms with E-state index in [1.165, 1.54) is 10.0 Å². The lowest BCUT2D eigenvalue weighted by Gasteiger charge is -2.06. The molecule has 15 heavy (non-hydrogen) atoms. The molecule has 0 aliphatic heterocycles. The molecule has 84 valence electrons. The van der Waals surface area contributed by atoms with Crippen LogP contribution >= 0.6 is 15.9 Å². The van der Waals surface area contributed by atoms with Crippen molar-refractivity contribution in [2.75, 3.05) is 20.3 Å². The fourth-order valence-electron chi connectivity index (χ4n) is 1.36. The highest BCUT2D eigenvalue weighted by atomic mass is 79.9. The number of hydrogen-bond donors (Lipinski definition) is 1. The van der Waals surface area contributed by atoms with E-state index in [0.29, 0.717) is 0 Å². The third-order valence-electron chi connectivity index (χ3n) is 2.23.